The van der Waals surface area contributed by atoms with Crippen molar-refractivity contribution in [2.45, 2.75) is 25.4 Å². The van der Waals surface area contributed by atoms with E-state index in [0.717, 1.165) is 25.4 Å². The lowest BCUT2D eigenvalue weighted by molar-refractivity contribution is 0.0294. The lowest BCUT2D eigenvalue weighted by Gasteiger charge is -2.45. The van der Waals surface area contributed by atoms with Gasteiger partial charge in [0, 0.05) is 19.2 Å². The number of nitrogen functional groups attached to an aromatic ring is 1. The summed E-state index contributed by atoms with van der Waals surface area (Å²) in [6, 6.07) is 3.16. The Morgan fingerprint density at radius 1 is 1.41 bits per heavy atom. The Bertz CT molecular complexity index is 560. The SMILES string of the molecule is COc1cc(N)c(Cl)cc1C(=O)NC1CC2CCN1CC2.Cl. The van der Waals surface area contributed by atoms with Crippen molar-refractivity contribution in [3.8, 4) is 5.75 Å². The molecule has 1 aromatic rings. The number of benzene rings is 1. The fourth-order valence-corrected chi connectivity index (χ4v) is 3.42. The minimum absolute atomic E-state index is 0. The monoisotopic (exact) mass is 345 g/mol. The Hall–Kier alpha value is -1.17. The van der Waals surface area contributed by atoms with Gasteiger partial charge < -0.3 is 15.8 Å². The highest BCUT2D eigenvalue weighted by Gasteiger charge is 2.34. The quantitative estimate of drug-likeness (QED) is 0.826. The van der Waals surface area contributed by atoms with E-state index in [1.165, 1.54) is 20.0 Å². The Labute approximate surface area is 141 Å². The number of fused-ring (bicyclic) bond motifs is 3. The van der Waals surface area contributed by atoms with Crippen molar-refractivity contribution in [3.05, 3.63) is 22.7 Å². The summed E-state index contributed by atoms with van der Waals surface area (Å²) in [7, 11) is 1.52. The number of anilines is 1. The summed E-state index contributed by atoms with van der Waals surface area (Å²) in [5.41, 5.74) is 6.58. The molecule has 1 atom stereocenters. The first-order valence-corrected chi connectivity index (χ1v) is 7.64. The molecule has 0 radical (unpaired) electrons. The number of nitrogens with zero attached hydrogens (tertiary/aromatic N) is 1. The fraction of sp³-hybridized carbons (Fsp3) is 0.533. The first kappa shape index (κ1) is 17.2. The molecule has 3 fully saturated rings. The van der Waals surface area contributed by atoms with E-state index in [9.17, 15) is 4.79 Å². The second kappa shape index (κ2) is 6.94. The number of methoxy groups -OCH3 is 1. The summed E-state index contributed by atoms with van der Waals surface area (Å²) >= 11 is 6.02. The van der Waals surface area contributed by atoms with Crippen molar-refractivity contribution in [3.63, 3.8) is 0 Å². The zero-order valence-electron chi connectivity index (χ0n) is 12.5. The number of piperidine rings is 3. The van der Waals surface area contributed by atoms with Crippen LogP contribution in [-0.2, 0) is 0 Å². The minimum atomic E-state index is -0.161. The van der Waals surface area contributed by atoms with Crippen molar-refractivity contribution < 1.29 is 9.53 Å². The van der Waals surface area contributed by atoms with Crippen LogP contribution in [0.2, 0.25) is 5.02 Å². The minimum Gasteiger partial charge on any atom is -0.496 e. The van der Waals surface area contributed by atoms with Gasteiger partial charge in [-0.25, -0.2) is 0 Å². The van der Waals surface area contributed by atoms with Gasteiger partial charge >= 0.3 is 0 Å². The van der Waals surface area contributed by atoms with Crippen LogP contribution >= 0.6 is 24.0 Å². The lowest BCUT2D eigenvalue weighted by atomic mass is 9.86. The van der Waals surface area contributed by atoms with E-state index in [-0.39, 0.29) is 24.5 Å². The maximum absolute atomic E-state index is 12.5. The molecule has 4 rings (SSSR count). The van der Waals surface area contributed by atoms with E-state index < -0.39 is 0 Å². The standard InChI is InChI=1S/C15H20ClN3O2.ClH/c1-21-13-8-12(17)11(16)7-10(13)15(20)18-14-6-9-2-4-19(14)5-3-9;/h7-9,14H,2-6,17H2,1H3,(H,18,20);1H. The summed E-state index contributed by atoms with van der Waals surface area (Å²) in [6.07, 6.45) is 3.62. The molecule has 0 aromatic heterocycles. The van der Waals surface area contributed by atoms with E-state index in [1.54, 1.807) is 12.1 Å². The molecule has 22 heavy (non-hydrogen) atoms. The predicted molar refractivity (Wildman–Crippen MR) is 89.8 cm³/mol. The number of ether oxygens (including phenoxy) is 1. The summed E-state index contributed by atoms with van der Waals surface area (Å²) in [6.45, 7) is 2.13. The number of amides is 1. The Kier molecular flexibility index (Phi) is 5.42. The molecule has 3 aliphatic heterocycles. The largest absolute Gasteiger partial charge is 0.496 e. The van der Waals surface area contributed by atoms with E-state index in [0.29, 0.717) is 22.0 Å². The van der Waals surface area contributed by atoms with Gasteiger partial charge in [0.2, 0.25) is 0 Å². The van der Waals surface area contributed by atoms with Gasteiger partial charge in [-0.05, 0) is 31.2 Å². The van der Waals surface area contributed by atoms with Gasteiger partial charge in [-0.15, -0.1) is 12.4 Å². The summed E-state index contributed by atoms with van der Waals surface area (Å²) in [5.74, 6) is 1.02. The van der Waals surface area contributed by atoms with Crippen LogP contribution in [0.15, 0.2) is 12.1 Å². The van der Waals surface area contributed by atoms with Gasteiger partial charge in [0.05, 0.1) is 29.5 Å². The number of hydrogen-bond donors (Lipinski definition) is 2. The third-order valence-corrected chi connectivity index (χ3v) is 4.83. The van der Waals surface area contributed by atoms with Crippen LogP contribution in [0.1, 0.15) is 29.6 Å². The lowest BCUT2D eigenvalue weighted by Crippen LogP contribution is -2.56. The number of rotatable bonds is 3. The molecule has 3 heterocycles. The molecule has 7 heteroatoms. The van der Waals surface area contributed by atoms with Gasteiger partial charge in [-0.2, -0.15) is 0 Å². The Morgan fingerprint density at radius 3 is 2.64 bits per heavy atom. The smallest absolute Gasteiger partial charge is 0.256 e. The van der Waals surface area contributed by atoms with E-state index >= 15 is 0 Å². The molecular weight excluding hydrogens is 325 g/mol. The molecule has 1 aromatic carbocycles. The van der Waals surface area contributed by atoms with Crippen molar-refractivity contribution in [1.82, 2.24) is 10.2 Å². The van der Waals surface area contributed by atoms with Crippen LogP contribution in [0.4, 0.5) is 5.69 Å². The topological polar surface area (TPSA) is 67.6 Å². The average Bonchev–Trinajstić information content (AvgIpc) is 2.50. The molecule has 0 aliphatic carbocycles. The summed E-state index contributed by atoms with van der Waals surface area (Å²) in [4.78, 5) is 14.9. The molecule has 5 nitrogen and oxygen atoms in total. The van der Waals surface area contributed by atoms with Crippen LogP contribution in [-0.4, -0.2) is 37.2 Å². The van der Waals surface area contributed by atoms with Gasteiger partial charge in [0.25, 0.3) is 5.91 Å². The summed E-state index contributed by atoms with van der Waals surface area (Å²) in [5, 5.41) is 3.46. The first-order valence-electron chi connectivity index (χ1n) is 7.26. The highest BCUT2D eigenvalue weighted by Crippen LogP contribution is 2.32. The highest BCUT2D eigenvalue weighted by molar-refractivity contribution is 6.33. The van der Waals surface area contributed by atoms with Crippen LogP contribution in [0.3, 0.4) is 0 Å². The molecule has 2 bridgehead atoms. The highest BCUT2D eigenvalue weighted by atomic mass is 35.5. The van der Waals surface area contributed by atoms with Crippen molar-refractivity contribution >= 4 is 35.6 Å². The third kappa shape index (κ3) is 3.26. The molecule has 3 aliphatic rings. The Balaban J connectivity index is 0.00000176. The molecule has 0 spiro atoms. The second-order valence-corrected chi connectivity index (χ2v) is 6.19. The van der Waals surface area contributed by atoms with Crippen molar-refractivity contribution in [2.24, 2.45) is 5.92 Å². The Morgan fingerprint density at radius 2 is 2.09 bits per heavy atom. The van der Waals surface area contributed by atoms with Crippen molar-refractivity contribution in [2.75, 3.05) is 25.9 Å². The number of carbonyl (C=O) groups is 1. The maximum atomic E-state index is 12.5. The second-order valence-electron chi connectivity index (χ2n) is 5.78. The molecular formula is C15H21Cl2N3O2. The average molecular weight is 346 g/mol. The number of hydrogen-bond acceptors (Lipinski definition) is 4. The molecule has 0 saturated carbocycles. The van der Waals surface area contributed by atoms with Gasteiger partial charge in [0.1, 0.15) is 5.75 Å². The first-order chi connectivity index (χ1) is 10.1. The van der Waals surface area contributed by atoms with Crippen molar-refractivity contribution in [1.29, 1.82) is 0 Å². The van der Waals surface area contributed by atoms with Gasteiger partial charge in [-0.3, -0.25) is 9.69 Å². The molecule has 1 unspecified atom stereocenters. The maximum Gasteiger partial charge on any atom is 0.256 e. The zero-order valence-corrected chi connectivity index (χ0v) is 14.0. The number of nitrogens with one attached hydrogen (secondary N) is 1. The molecule has 3 saturated heterocycles. The number of halogens is 2. The predicted octanol–water partition coefficient (Wildman–Crippen LogP) is 2.52. The molecule has 1 amide bonds. The van der Waals surface area contributed by atoms with E-state index in [4.69, 9.17) is 22.1 Å². The summed E-state index contributed by atoms with van der Waals surface area (Å²) < 4.78 is 5.24. The van der Waals surface area contributed by atoms with Crippen LogP contribution in [0, 0.1) is 5.92 Å². The fourth-order valence-electron chi connectivity index (χ4n) is 3.26. The number of nitrogens with two attached hydrogens (primary N) is 1. The van der Waals surface area contributed by atoms with Crippen LogP contribution < -0.4 is 15.8 Å². The van der Waals surface area contributed by atoms with Gasteiger partial charge in [0.15, 0.2) is 0 Å². The van der Waals surface area contributed by atoms with E-state index in [1.807, 2.05) is 0 Å². The van der Waals surface area contributed by atoms with Crippen LogP contribution in [0.5, 0.6) is 5.75 Å². The molecule has 3 N–H and O–H groups in total. The molecule has 122 valence electrons. The normalized spacial score (nSPS) is 26.2. The van der Waals surface area contributed by atoms with Gasteiger partial charge in [-0.1, -0.05) is 11.6 Å². The van der Waals surface area contributed by atoms with E-state index in [2.05, 4.69) is 10.2 Å². The van der Waals surface area contributed by atoms with Crippen LogP contribution in [0.25, 0.3) is 0 Å². The third-order valence-electron chi connectivity index (χ3n) is 4.51. The number of carbonyl (C=O) groups excluding carboxylic acids is 1. The zero-order chi connectivity index (χ0) is 15.0.